The highest BCUT2D eigenvalue weighted by atomic mass is 79.9. The van der Waals surface area contributed by atoms with Crippen LogP contribution in [-0.2, 0) is 35.3 Å². The van der Waals surface area contributed by atoms with Crippen LogP contribution in [-0.4, -0.2) is 25.2 Å². The summed E-state index contributed by atoms with van der Waals surface area (Å²) < 4.78 is 11.9. The van der Waals surface area contributed by atoms with Gasteiger partial charge in [-0.1, -0.05) is 161 Å². The van der Waals surface area contributed by atoms with Crippen LogP contribution < -0.4 is 0 Å². The second kappa shape index (κ2) is 17.3. The van der Waals surface area contributed by atoms with Gasteiger partial charge in [0.25, 0.3) is 0 Å². The minimum Gasteiger partial charge on any atom is -0.463 e. The third-order valence-electron chi connectivity index (χ3n) is 14.6. The largest absolute Gasteiger partial charge is 0.463 e. The molecule has 64 heavy (non-hydrogen) atoms. The molecule has 0 spiro atoms. The van der Waals surface area contributed by atoms with Gasteiger partial charge in [-0.2, -0.15) is 0 Å². The first-order valence-corrected chi connectivity index (χ1v) is 23.7. The molecule has 0 aromatic heterocycles. The number of fused-ring (bicyclic) bond motifs is 9. The van der Waals surface area contributed by atoms with Crippen molar-refractivity contribution in [3.8, 4) is 55.6 Å². The molecule has 9 rings (SSSR count). The average Bonchev–Trinajstić information content (AvgIpc) is 3.80. The summed E-state index contributed by atoms with van der Waals surface area (Å²) in [7, 11) is 0. The van der Waals surface area contributed by atoms with E-state index in [4.69, 9.17) is 9.47 Å². The Morgan fingerprint density at radius 2 is 0.844 bits per heavy atom. The smallest absolute Gasteiger partial charge is 0.330 e. The van der Waals surface area contributed by atoms with Gasteiger partial charge in [-0.25, -0.2) is 9.59 Å². The van der Waals surface area contributed by atoms with Crippen LogP contribution >= 0.6 is 15.9 Å². The van der Waals surface area contributed by atoms with Gasteiger partial charge in [0.15, 0.2) is 0 Å². The fourth-order valence-corrected chi connectivity index (χ4v) is 11.5. The van der Waals surface area contributed by atoms with Crippen molar-refractivity contribution >= 4 is 27.9 Å². The van der Waals surface area contributed by atoms with E-state index in [1.54, 1.807) is 0 Å². The number of benzene rings is 6. The molecule has 0 aliphatic heterocycles. The molecule has 0 amide bonds. The van der Waals surface area contributed by atoms with E-state index in [9.17, 15) is 9.59 Å². The number of ether oxygens (including phenoxy) is 2. The van der Waals surface area contributed by atoms with Gasteiger partial charge < -0.3 is 9.47 Å². The lowest BCUT2D eigenvalue weighted by molar-refractivity contribution is -0.138. The fraction of sp³-hybridized carbons (Fsp3) is 0.288. The minimum absolute atomic E-state index is 0.0958. The Labute approximate surface area is 387 Å². The van der Waals surface area contributed by atoms with Gasteiger partial charge in [0.05, 0.1) is 13.2 Å². The molecule has 324 valence electrons. The van der Waals surface area contributed by atoms with Crippen LogP contribution in [0.15, 0.2) is 145 Å². The Kier molecular flexibility index (Phi) is 11.8. The van der Waals surface area contributed by atoms with Crippen molar-refractivity contribution in [2.24, 2.45) is 0 Å². The zero-order valence-electron chi connectivity index (χ0n) is 37.6. The van der Waals surface area contributed by atoms with Gasteiger partial charge in [-0.05, 0) is 151 Å². The Morgan fingerprint density at radius 1 is 0.469 bits per heavy atom. The molecule has 6 aromatic carbocycles. The van der Waals surface area contributed by atoms with Crippen LogP contribution in [0.3, 0.4) is 0 Å². The van der Waals surface area contributed by atoms with Crippen molar-refractivity contribution in [1.82, 2.24) is 0 Å². The highest BCUT2D eigenvalue weighted by Crippen LogP contribution is 2.57. The molecule has 0 bridgehead atoms. The van der Waals surface area contributed by atoms with E-state index in [-0.39, 0.29) is 28.2 Å². The molecule has 3 aliphatic rings. The number of halogens is 1. The van der Waals surface area contributed by atoms with E-state index >= 15 is 0 Å². The SMILES string of the molecule is C=CC(=O)OCCCCCC1(CCCCCOC(=O)C=C)c2cc(-c3ccc4c(c3)C(C)(C)c3ccccc3-4)ccc2-c2ccc(-c3ccc4c(c3)C(C)(C)c3cc(Br)ccc3-4)cc21. The summed E-state index contributed by atoms with van der Waals surface area (Å²) >= 11 is 3.73. The topological polar surface area (TPSA) is 52.6 Å². The van der Waals surface area contributed by atoms with Gasteiger partial charge in [-0.3, -0.25) is 0 Å². The van der Waals surface area contributed by atoms with Gasteiger partial charge in [0.2, 0.25) is 0 Å². The van der Waals surface area contributed by atoms with Gasteiger partial charge in [0, 0.05) is 32.9 Å². The second-order valence-corrected chi connectivity index (χ2v) is 19.9. The van der Waals surface area contributed by atoms with Crippen molar-refractivity contribution in [2.45, 2.75) is 95.3 Å². The molecular formula is C59H57BrO4. The quantitative estimate of drug-likeness (QED) is 0.0551. The first-order valence-electron chi connectivity index (χ1n) is 23.0. The van der Waals surface area contributed by atoms with Crippen molar-refractivity contribution in [3.05, 3.63) is 178 Å². The summed E-state index contributed by atoms with van der Waals surface area (Å²) in [5.41, 5.74) is 20.5. The highest BCUT2D eigenvalue weighted by Gasteiger charge is 2.43. The first-order chi connectivity index (χ1) is 30.9. The van der Waals surface area contributed by atoms with E-state index in [1.165, 1.54) is 101 Å². The third kappa shape index (κ3) is 7.60. The van der Waals surface area contributed by atoms with Gasteiger partial charge in [-0.15, -0.1) is 0 Å². The molecule has 5 heteroatoms. The molecule has 0 heterocycles. The van der Waals surface area contributed by atoms with Crippen molar-refractivity contribution < 1.29 is 19.1 Å². The fourth-order valence-electron chi connectivity index (χ4n) is 11.2. The predicted octanol–water partition coefficient (Wildman–Crippen LogP) is 15.2. The van der Waals surface area contributed by atoms with E-state index in [0.29, 0.717) is 13.2 Å². The van der Waals surface area contributed by atoms with Crippen LogP contribution in [0.1, 0.15) is 112 Å². The van der Waals surface area contributed by atoms with Crippen LogP contribution in [0.25, 0.3) is 55.6 Å². The predicted molar refractivity (Wildman–Crippen MR) is 266 cm³/mol. The molecule has 0 unspecified atom stereocenters. The number of unbranched alkanes of at least 4 members (excludes halogenated alkanes) is 4. The summed E-state index contributed by atoms with van der Waals surface area (Å²) in [4.78, 5) is 23.7. The lowest BCUT2D eigenvalue weighted by atomic mass is 9.70. The Hall–Kier alpha value is -5.78. The lowest BCUT2D eigenvalue weighted by Crippen LogP contribution is -2.26. The Balaban J connectivity index is 1.13. The molecular weight excluding hydrogens is 853 g/mol. The van der Waals surface area contributed by atoms with Gasteiger partial charge >= 0.3 is 11.9 Å². The summed E-state index contributed by atoms with van der Waals surface area (Å²) in [5.74, 6) is -0.751. The normalized spacial score (nSPS) is 15.0. The molecule has 6 aromatic rings. The summed E-state index contributed by atoms with van der Waals surface area (Å²) in [6.45, 7) is 17.3. The molecule has 0 N–H and O–H groups in total. The molecule has 3 aliphatic carbocycles. The number of hydrogen-bond acceptors (Lipinski definition) is 4. The summed E-state index contributed by atoms with van der Waals surface area (Å²) in [6.07, 6.45) is 9.77. The van der Waals surface area contributed by atoms with E-state index in [2.05, 4.69) is 172 Å². The maximum Gasteiger partial charge on any atom is 0.330 e. The molecule has 0 saturated heterocycles. The number of carbonyl (C=O) groups excluding carboxylic acids is 2. The molecule has 0 radical (unpaired) electrons. The van der Waals surface area contributed by atoms with Crippen LogP contribution in [0, 0.1) is 0 Å². The zero-order chi connectivity index (χ0) is 44.8. The number of esters is 2. The maximum atomic E-state index is 11.9. The lowest BCUT2D eigenvalue weighted by Gasteiger charge is -2.33. The third-order valence-corrected chi connectivity index (χ3v) is 15.1. The maximum absolute atomic E-state index is 11.9. The summed E-state index contributed by atoms with van der Waals surface area (Å²) in [5, 5.41) is 0. The van der Waals surface area contributed by atoms with E-state index < -0.39 is 0 Å². The number of hydrogen-bond donors (Lipinski definition) is 0. The summed E-state index contributed by atoms with van der Waals surface area (Å²) in [6, 6.07) is 44.0. The van der Waals surface area contributed by atoms with Crippen LogP contribution in [0.4, 0.5) is 0 Å². The van der Waals surface area contributed by atoms with Crippen molar-refractivity contribution in [2.75, 3.05) is 13.2 Å². The molecule has 0 atom stereocenters. The number of rotatable bonds is 16. The monoisotopic (exact) mass is 908 g/mol. The zero-order valence-corrected chi connectivity index (χ0v) is 39.2. The molecule has 4 nitrogen and oxygen atoms in total. The van der Waals surface area contributed by atoms with Gasteiger partial charge in [0.1, 0.15) is 0 Å². The van der Waals surface area contributed by atoms with Crippen molar-refractivity contribution in [3.63, 3.8) is 0 Å². The van der Waals surface area contributed by atoms with Crippen molar-refractivity contribution in [1.29, 1.82) is 0 Å². The molecule has 0 saturated carbocycles. The second-order valence-electron chi connectivity index (χ2n) is 19.0. The first kappa shape index (κ1) is 43.5. The van der Waals surface area contributed by atoms with Crippen LogP contribution in [0.2, 0.25) is 0 Å². The Bertz CT molecular complexity index is 2810. The standard InChI is InChI=1S/C59H57BrO4/c1-7-55(61)63-31-15-9-13-29-59(30-14-10-16-32-64-56(62)8-2)53-35-40(38-19-24-44-43-17-11-12-18-49(43)57(3,4)50(44)33-38)21-26-47(53)48-27-22-41(36-54(48)59)39-20-25-45-46-28-23-42(60)37-52(46)58(5,6)51(45)34-39/h7-8,11-12,17-28,33-37H,1-2,9-10,13-16,29-32H2,3-6H3. The Morgan fingerprint density at radius 3 is 1.31 bits per heavy atom. The van der Waals surface area contributed by atoms with E-state index in [0.717, 1.165) is 55.8 Å². The highest BCUT2D eigenvalue weighted by molar-refractivity contribution is 9.10. The number of carbonyl (C=O) groups is 2. The molecule has 0 fully saturated rings. The van der Waals surface area contributed by atoms with Crippen LogP contribution in [0.5, 0.6) is 0 Å². The van der Waals surface area contributed by atoms with E-state index in [1.807, 2.05) is 0 Å². The average molecular weight is 910 g/mol. The minimum atomic E-state index is -0.375.